The predicted molar refractivity (Wildman–Crippen MR) is 79.8 cm³/mol. The summed E-state index contributed by atoms with van der Waals surface area (Å²) in [5, 5.41) is 15.6. The van der Waals surface area contributed by atoms with Crippen molar-refractivity contribution in [2.45, 2.75) is 5.60 Å². The number of aliphatic hydroxyl groups is 1. The smallest absolute Gasteiger partial charge is 0.265 e. The standard InChI is InChI=1S/C17H12N2O2/c20-16-17(21,14-5-1-2-7-15(14)19-16)13-6-3-4-11-8-9-18-10-12(11)13/h1-10,21H,(H,19,20). The van der Waals surface area contributed by atoms with E-state index in [1.807, 2.05) is 30.3 Å². The van der Waals surface area contributed by atoms with Gasteiger partial charge in [-0.3, -0.25) is 9.78 Å². The zero-order valence-electron chi connectivity index (χ0n) is 11.1. The van der Waals surface area contributed by atoms with Crippen LogP contribution in [-0.2, 0) is 10.4 Å². The van der Waals surface area contributed by atoms with Crippen molar-refractivity contribution in [1.29, 1.82) is 0 Å². The maximum Gasteiger partial charge on any atom is 0.265 e. The highest BCUT2D eigenvalue weighted by Crippen LogP contribution is 2.42. The number of nitrogens with one attached hydrogen (secondary N) is 1. The number of hydrogen-bond donors (Lipinski definition) is 2. The molecule has 1 unspecified atom stereocenters. The monoisotopic (exact) mass is 276 g/mol. The maximum atomic E-state index is 12.4. The number of anilines is 1. The van der Waals surface area contributed by atoms with Gasteiger partial charge in [-0.05, 0) is 17.5 Å². The van der Waals surface area contributed by atoms with Gasteiger partial charge < -0.3 is 10.4 Å². The highest BCUT2D eigenvalue weighted by atomic mass is 16.3. The third kappa shape index (κ3) is 1.53. The molecule has 3 aromatic rings. The Morgan fingerprint density at radius 2 is 1.81 bits per heavy atom. The van der Waals surface area contributed by atoms with Gasteiger partial charge in [-0.1, -0.05) is 36.4 Å². The number of benzene rings is 2. The fourth-order valence-corrected chi connectivity index (χ4v) is 2.94. The second kappa shape index (κ2) is 4.14. The Bertz CT molecular complexity index is 870. The van der Waals surface area contributed by atoms with Crippen LogP contribution in [0.3, 0.4) is 0 Å². The minimum Gasteiger partial charge on any atom is -0.372 e. The Kier molecular flexibility index (Phi) is 2.37. The van der Waals surface area contributed by atoms with Gasteiger partial charge in [0.1, 0.15) is 0 Å². The lowest BCUT2D eigenvalue weighted by molar-refractivity contribution is -0.129. The SMILES string of the molecule is O=C1Nc2ccccc2C1(O)c1cccc2ccncc12. The Labute approximate surface area is 121 Å². The van der Waals surface area contributed by atoms with Crippen LogP contribution in [-0.4, -0.2) is 16.0 Å². The van der Waals surface area contributed by atoms with Crippen molar-refractivity contribution in [2.24, 2.45) is 0 Å². The van der Waals surface area contributed by atoms with Crippen molar-refractivity contribution in [3.05, 3.63) is 72.1 Å². The average Bonchev–Trinajstić information content (AvgIpc) is 2.79. The van der Waals surface area contributed by atoms with Crippen LogP contribution < -0.4 is 5.32 Å². The summed E-state index contributed by atoms with van der Waals surface area (Å²) in [6.45, 7) is 0. The summed E-state index contributed by atoms with van der Waals surface area (Å²) in [5.41, 5.74) is 0.0897. The lowest BCUT2D eigenvalue weighted by Crippen LogP contribution is -2.35. The van der Waals surface area contributed by atoms with Crippen molar-refractivity contribution < 1.29 is 9.90 Å². The van der Waals surface area contributed by atoms with Gasteiger partial charge in [0.25, 0.3) is 5.91 Å². The summed E-state index contributed by atoms with van der Waals surface area (Å²) >= 11 is 0. The molecule has 1 aromatic heterocycles. The van der Waals surface area contributed by atoms with E-state index in [1.54, 1.807) is 30.6 Å². The first-order chi connectivity index (χ1) is 10.2. The van der Waals surface area contributed by atoms with Crippen LogP contribution in [0.2, 0.25) is 0 Å². The van der Waals surface area contributed by atoms with Crippen LogP contribution in [0, 0.1) is 0 Å². The second-order valence-corrected chi connectivity index (χ2v) is 5.11. The average molecular weight is 276 g/mol. The van der Waals surface area contributed by atoms with Gasteiger partial charge in [0.05, 0.1) is 0 Å². The maximum absolute atomic E-state index is 12.4. The van der Waals surface area contributed by atoms with E-state index in [1.165, 1.54) is 0 Å². The van der Waals surface area contributed by atoms with Crippen molar-refractivity contribution >= 4 is 22.4 Å². The molecular formula is C17H12N2O2. The van der Waals surface area contributed by atoms with Crippen molar-refractivity contribution in [3.8, 4) is 0 Å². The number of carbonyl (C=O) groups excluding carboxylic acids is 1. The Morgan fingerprint density at radius 1 is 1.00 bits per heavy atom. The Hall–Kier alpha value is -2.72. The number of rotatable bonds is 1. The molecule has 0 saturated carbocycles. The van der Waals surface area contributed by atoms with Gasteiger partial charge in [-0.2, -0.15) is 0 Å². The zero-order valence-corrected chi connectivity index (χ0v) is 11.1. The number of hydrogen-bond acceptors (Lipinski definition) is 3. The van der Waals surface area contributed by atoms with Gasteiger partial charge >= 0.3 is 0 Å². The number of nitrogens with zero attached hydrogens (tertiary/aromatic N) is 1. The largest absolute Gasteiger partial charge is 0.372 e. The van der Waals surface area contributed by atoms with Crippen LogP contribution in [0.25, 0.3) is 10.8 Å². The first-order valence-electron chi connectivity index (χ1n) is 6.68. The highest BCUT2D eigenvalue weighted by Gasteiger charge is 2.47. The number of amides is 1. The normalized spacial score (nSPS) is 20.3. The molecule has 1 amide bonds. The van der Waals surface area contributed by atoms with E-state index in [9.17, 15) is 9.90 Å². The van der Waals surface area contributed by atoms with Crippen molar-refractivity contribution in [3.63, 3.8) is 0 Å². The molecule has 4 heteroatoms. The molecule has 0 bridgehead atoms. The highest BCUT2D eigenvalue weighted by molar-refractivity contribution is 6.09. The Morgan fingerprint density at radius 3 is 2.71 bits per heavy atom. The molecule has 0 radical (unpaired) electrons. The molecule has 4 nitrogen and oxygen atoms in total. The summed E-state index contributed by atoms with van der Waals surface area (Å²) in [5.74, 6) is -0.431. The topological polar surface area (TPSA) is 62.2 Å². The fourth-order valence-electron chi connectivity index (χ4n) is 2.94. The molecule has 2 heterocycles. The quantitative estimate of drug-likeness (QED) is 0.717. The van der Waals surface area contributed by atoms with Crippen LogP contribution in [0.1, 0.15) is 11.1 Å². The third-order valence-electron chi connectivity index (χ3n) is 3.97. The first kappa shape index (κ1) is 12.1. The summed E-state index contributed by atoms with van der Waals surface area (Å²) in [7, 11) is 0. The van der Waals surface area contributed by atoms with Gasteiger partial charge in [0.2, 0.25) is 0 Å². The molecule has 1 aliphatic rings. The first-order valence-corrected chi connectivity index (χ1v) is 6.68. The number of para-hydroxylation sites is 1. The molecule has 102 valence electrons. The third-order valence-corrected chi connectivity index (χ3v) is 3.97. The molecule has 0 aliphatic carbocycles. The molecule has 1 atom stereocenters. The van der Waals surface area contributed by atoms with Crippen LogP contribution in [0.4, 0.5) is 5.69 Å². The second-order valence-electron chi connectivity index (χ2n) is 5.11. The molecule has 2 aromatic carbocycles. The molecule has 1 aliphatic heterocycles. The molecule has 21 heavy (non-hydrogen) atoms. The van der Waals surface area contributed by atoms with E-state index < -0.39 is 11.5 Å². The van der Waals surface area contributed by atoms with Gasteiger partial charge in [-0.25, -0.2) is 0 Å². The molecule has 0 fully saturated rings. The molecule has 4 rings (SSSR count). The number of aromatic nitrogens is 1. The number of carbonyl (C=O) groups is 1. The van der Waals surface area contributed by atoms with Gasteiger partial charge in [0.15, 0.2) is 5.60 Å². The lowest BCUT2D eigenvalue weighted by atomic mass is 9.85. The van der Waals surface area contributed by atoms with E-state index in [0.717, 1.165) is 10.8 Å². The lowest BCUT2D eigenvalue weighted by Gasteiger charge is -2.23. The van der Waals surface area contributed by atoms with E-state index in [2.05, 4.69) is 10.3 Å². The van der Waals surface area contributed by atoms with E-state index >= 15 is 0 Å². The fraction of sp³-hybridized carbons (Fsp3) is 0.0588. The molecule has 0 spiro atoms. The van der Waals surface area contributed by atoms with Crippen LogP contribution >= 0.6 is 0 Å². The van der Waals surface area contributed by atoms with E-state index in [4.69, 9.17) is 0 Å². The van der Waals surface area contributed by atoms with Crippen LogP contribution in [0.5, 0.6) is 0 Å². The predicted octanol–water partition coefficient (Wildman–Crippen LogP) is 2.42. The number of fused-ring (bicyclic) bond motifs is 2. The Balaban J connectivity index is 2.06. The molecule has 2 N–H and O–H groups in total. The van der Waals surface area contributed by atoms with Gasteiger partial charge in [-0.15, -0.1) is 0 Å². The van der Waals surface area contributed by atoms with E-state index in [0.29, 0.717) is 16.8 Å². The van der Waals surface area contributed by atoms with E-state index in [-0.39, 0.29) is 0 Å². The summed E-state index contributed by atoms with van der Waals surface area (Å²) < 4.78 is 0. The van der Waals surface area contributed by atoms with Crippen molar-refractivity contribution in [1.82, 2.24) is 4.98 Å². The molecule has 0 saturated heterocycles. The summed E-state index contributed by atoms with van der Waals surface area (Å²) in [4.78, 5) is 16.5. The summed E-state index contributed by atoms with van der Waals surface area (Å²) in [6.07, 6.45) is 3.37. The summed E-state index contributed by atoms with van der Waals surface area (Å²) in [6, 6.07) is 14.6. The molecular weight excluding hydrogens is 264 g/mol. The van der Waals surface area contributed by atoms with Crippen molar-refractivity contribution in [2.75, 3.05) is 5.32 Å². The zero-order chi connectivity index (χ0) is 14.4. The minimum atomic E-state index is -1.68. The van der Waals surface area contributed by atoms with Crippen LogP contribution in [0.15, 0.2) is 60.9 Å². The minimum absolute atomic E-state index is 0.431. The number of pyridine rings is 1. The van der Waals surface area contributed by atoms with Gasteiger partial charge in [0, 0.05) is 34.6 Å².